The predicted molar refractivity (Wildman–Crippen MR) is 100 cm³/mol. The number of nitrogens with one attached hydrogen (secondary N) is 1. The van der Waals surface area contributed by atoms with E-state index < -0.39 is 0 Å². The molecule has 2 aromatic heterocycles. The first-order valence-corrected chi connectivity index (χ1v) is 9.51. The van der Waals surface area contributed by atoms with E-state index in [1.54, 1.807) is 11.3 Å². The van der Waals surface area contributed by atoms with E-state index in [9.17, 15) is 4.79 Å². The molecule has 130 valence electrons. The van der Waals surface area contributed by atoms with Gasteiger partial charge in [-0.2, -0.15) is 0 Å². The highest BCUT2D eigenvalue weighted by molar-refractivity contribution is 7.17. The number of piperidine rings is 1. The summed E-state index contributed by atoms with van der Waals surface area (Å²) >= 11 is 1.60. The number of aromatic nitrogens is 2. The number of carbonyl (C=O) groups is 1. The van der Waals surface area contributed by atoms with Gasteiger partial charge in [0.15, 0.2) is 4.96 Å². The van der Waals surface area contributed by atoms with E-state index in [1.807, 2.05) is 29.8 Å². The van der Waals surface area contributed by atoms with E-state index in [0.717, 1.165) is 37.4 Å². The van der Waals surface area contributed by atoms with Crippen molar-refractivity contribution in [1.82, 2.24) is 19.6 Å². The van der Waals surface area contributed by atoms with Crippen LogP contribution in [0.2, 0.25) is 0 Å². The number of fused-ring (bicyclic) bond motifs is 1. The van der Waals surface area contributed by atoms with E-state index in [2.05, 4.69) is 39.5 Å². The van der Waals surface area contributed by atoms with Crippen LogP contribution in [-0.2, 0) is 6.54 Å². The van der Waals surface area contributed by atoms with Crippen LogP contribution >= 0.6 is 11.3 Å². The normalized spacial score (nSPS) is 16.4. The average Bonchev–Trinajstić information content (AvgIpc) is 3.15. The van der Waals surface area contributed by atoms with Gasteiger partial charge in [-0.05, 0) is 25.3 Å². The van der Waals surface area contributed by atoms with Crippen molar-refractivity contribution in [2.45, 2.75) is 32.4 Å². The van der Waals surface area contributed by atoms with Gasteiger partial charge in [-0.15, -0.1) is 11.3 Å². The fourth-order valence-corrected chi connectivity index (χ4v) is 4.17. The molecule has 1 saturated heterocycles. The number of aryl methyl sites for hydroxylation is 1. The van der Waals surface area contributed by atoms with E-state index in [4.69, 9.17) is 0 Å². The van der Waals surface area contributed by atoms with E-state index in [-0.39, 0.29) is 11.9 Å². The molecule has 0 saturated carbocycles. The maximum absolute atomic E-state index is 12.4. The molecular weight excluding hydrogens is 332 g/mol. The molecule has 1 aliphatic rings. The number of amides is 1. The molecular formula is C19H22N4OS. The van der Waals surface area contributed by atoms with E-state index in [1.165, 1.54) is 10.4 Å². The molecule has 1 amide bonds. The zero-order chi connectivity index (χ0) is 17.2. The summed E-state index contributed by atoms with van der Waals surface area (Å²) in [6, 6.07) is 10.8. The summed E-state index contributed by atoms with van der Waals surface area (Å²) < 4.78 is 1.93. The molecule has 0 bridgehead atoms. The lowest BCUT2D eigenvalue weighted by molar-refractivity contribution is 0.0904. The van der Waals surface area contributed by atoms with Crippen molar-refractivity contribution in [2.24, 2.45) is 0 Å². The van der Waals surface area contributed by atoms with Crippen LogP contribution in [0.4, 0.5) is 0 Å². The predicted octanol–water partition coefficient (Wildman–Crippen LogP) is 3.10. The van der Waals surface area contributed by atoms with E-state index >= 15 is 0 Å². The largest absolute Gasteiger partial charge is 0.348 e. The number of carbonyl (C=O) groups excluding carboxylic acids is 1. The molecule has 1 aliphatic heterocycles. The second kappa shape index (κ2) is 6.98. The standard InChI is InChI=1S/C19H22N4OS/c1-14-11-23-13-17(21-19(23)25-14)18(24)20-16-7-9-22(10-8-16)12-15-5-3-2-4-6-15/h2-6,11,13,16H,7-10,12H2,1H3,(H,20,24). The highest BCUT2D eigenvalue weighted by Crippen LogP contribution is 2.18. The van der Waals surface area contributed by atoms with Crippen LogP contribution in [0.1, 0.15) is 33.8 Å². The summed E-state index contributed by atoms with van der Waals surface area (Å²) in [6.07, 6.45) is 5.80. The number of benzene rings is 1. The van der Waals surface area contributed by atoms with Gasteiger partial charge in [-0.25, -0.2) is 4.98 Å². The maximum Gasteiger partial charge on any atom is 0.271 e. The van der Waals surface area contributed by atoms with Crippen LogP contribution < -0.4 is 5.32 Å². The van der Waals surface area contributed by atoms with Crippen molar-refractivity contribution in [3.63, 3.8) is 0 Å². The molecule has 6 heteroatoms. The van der Waals surface area contributed by atoms with Crippen molar-refractivity contribution in [2.75, 3.05) is 13.1 Å². The molecule has 1 aromatic carbocycles. The lowest BCUT2D eigenvalue weighted by Crippen LogP contribution is -2.44. The Bertz CT molecular complexity index is 831. The van der Waals surface area contributed by atoms with Gasteiger partial charge in [-0.1, -0.05) is 30.3 Å². The van der Waals surface area contributed by atoms with Gasteiger partial charge >= 0.3 is 0 Å². The first kappa shape index (κ1) is 16.3. The molecule has 0 radical (unpaired) electrons. The number of imidazole rings is 1. The van der Waals surface area contributed by atoms with Crippen molar-refractivity contribution in [3.8, 4) is 0 Å². The number of likely N-dealkylation sites (tertiary alicyclic amines) is 1. The molecule has 1 N–H and O–H groups in total. The first-order valence-electron chi connectivity index (χ1n) is 8.70. The number of nitrogens with zero attached hydrogens (tertiary/aromatic N) is 3. The Morgan fingerprint density at radius 2 is 2.00 bits per heavy atom. The van der Waals surface area contributed by atoms with Gasteiger partial charge < -0.3 is 5.32 Å². The molecule has 0 unspecified atom stereocenters. The monoisotopic (exact) mass is 354 g/mol. The van der Waals surface area contributed by atoms with Crippen molar-refractivity contribution < 1.29 is 4.79 Å². The molecule has 25 heavy (non-hydrogen) atoms. The Morgan fingerprint density at radius 3 is 2.72 bits per heavy atom. The maximum atomic E-state index is 12.4. The van der Waals surface area contributed by atoms with Crippen LogP contribution in [0, 0.1) is 6.92 Å². The third-order valence-electron chi connectivity index (χ3n) is 4.68. The average molecular weight is 354 g/mol. The molecule has 0 atom stereocenters. The van der Waals surface area contributed by atoms with Crippen molar-refractivity contribution in [3.05, 3.63) is 58.9 Å². The second-order valence-electron chi connectivity index (χ2n) is 6.67. The minimum Gasteiger partial charge on any atom is -0.348 e. The lowest BCUT2D eigenvalue weighted by atomic mass is 10.0. The Hall–Kier alpha value is -2.18. The summed E-state index contributed by atoms with van der Waals surface area (Å²) in [4.78, 5) is 21.4. The van der Waals surface area contributed by atoms with Crippen LogP contribution in [-0.4, -0.2) is 39.3 Å². The molecule has 1 fully saturated rings. The molecule has 3 aromatic rings. The fraction of sp³-hybridized carbons (Fsp3) is 0.368. The third-order valence-corrected chi connectivity index (χ3v) is 5.59. The van der Waals surface area contributed by atoms with Crippen molar-refractivity contribution >= 4 is 22.2 Å². The van der Waals surface area contributed by atoms with Gasteiger partial charge in [0.05, 0.1) is 0 Å². The first-order chi connectivity index (χ1) is 12.2. The van der Waals surface area contributed by atoms with Gasteiger partial charge in [0.1, 0.15) is 5.69 Å². The van der Waals surface area contributed by atoms with Gasteiger partial charge in [0.25, 0.3) is 5.91 Å². The zero-order valence-corrected chi connectivity index (χ0v) is 15.1. The summed E-state index contributed by atoms with van der Waals surface area (Å²) in [7, 11) is 0. The summed E-state index contributed by atoms with van der Waals surface area (Å²) in [5, 5.41) is 3.15. The topological polar surface area (TPSA) is 49.6 Å². The summed E-state index contributed by atoms with van der Waals surface area (Å²) in [5.41, 5.74) is 1.86. The number of hydrogen-bond acceptors (Lipinski definition) is 4. The van der Waals surface area contributed by atoms with E-state index in [0.29, 0.717) is 5.69 Å². The Labute approximate surface area is 151 Å². The zero-order valence-electron chi connectivity index (χ0n) is 14.3. The molecule has 5 nitrogen and oxygen atoms in total. The van der Waals surface area contributed by atoms with Crippen molar-refractivity contribution in [1.29, 1.82) is 0 Å². The Morgan fingerprint density at radius 1 is 1.24 bits per heavy atom. The molecule has 3 heterocycles. The minimum atomic E-state index is -0.0601. The van der Waals surface area contributed by atoms with Crippen LogP contribution in [0.5, 0.6) is 0 Å². The second-order valence-corrected chi connectivity index (χ2v) is 7.88. The van der Waals surface area contributed by atoms with Gasteiger partial charge in [0, 0.05) is 42.9 Å². The third kappa shape index (κ3) is 3.75. The molecule has 4 rings (SSSR count). The summed E-state index contributed by atoms with van der Waals surface area (Å²) in [5.74, 6) is -0.0601. The van der Waals surface area contributed by atoms with Gasteiger partial charge in [-0.3, -0.25) is 14.1 Å². The van der Waals surface area contributed by atoms with Crippen LogP contribution in [0.15, 0.2) is 42.7 Å². The SMILES string of the molecule is Cc1cn2cc(C(=O)NC3CCN(Cc4ccccc4)CC3)nc2s1. The lowest BCUT2D eigenvalue weighted by Gasteiger charge is -2.32. The highest BCUT2D eigenvalue weighted by Gasteiger charge is 2.22. The Balaban J connectivity index is 1.30. The minimum absolute atomic E-state index is 0.0601. The Kier molecular flexibility index (Phi) is 4.55. The highest BCUT2D eigenvalue weighted by atomic mass is 32.1. The summed E-state index contributed by atoms with van der Waals surface area (Å²) in [6.45, 7) is 5.05. The fourth-order valence-electron chi connectivity index (χ4n) is 3.36. The smallest absolute Gasteiger partial charge is 0.271 e. The quantitative estimate of drug-likeness (QED) is 0.783. The van der Waals surface area contributed by atoms with Crippen LogP contribution in [0.25, 0.3) is 4.96 Å². The molecule has 0 spiro atoms. The van der Waals surface area contributed by atoms with Gasteiger partial charge in [0.2, 0.25) is 0 Å². The number of thiazole rings is 1. The molecule has 0 aliphatic carbocycles. The number of hydrogen-bond donors (Lipinski definition) is 1. The number of rotatable bonds is 4. The van der Waals surface area contributed by atoms with Crippen LogP contribution in [0.3, 0.4) is 0 Å².